The van der Waals surface area contributed by atoms with Crippen LogP contribution in [0.2, 0.25) is 0 Å². The van der Waals surface area contributed by atoms with Crippen molar-refractivity contribution in [2.75, 3.05) is 0 Å². The average Bonchev–Trinajstić information content (AvgIpc) is 2.52. The fourth-order valence-corrected chi connectivity index (χ4v) is 2.16. The third-order valence-electron chi connectivity index (χ3n) is 3.39. The molecule has 2 aromatic carbocycles. The van der Waals surface area contributed by atoms with Crippen LogP contribution in [0.5, 0.6) is 0 Å². The summed E-state index contributed by atoms with van der Waals surface area (Å²) in [6.07, 6.45) is 2.26. The summed E-state index contributed by atoms with van der Waals surface area (Å²) in [5.74, 6) is -2.18. The lowest BCUT2D eigenvalue weighted by Gasteiger charge is -2.06. The SMILES string of the molecule is CCc1ccc(/C(=C/c2ccccc2C(=O)O)C(=O)O)cc1. The molecular formula is C18H16O4. The molecule has 0 aliphatic carbocycles. The zero-order chi connectivity index (χ0) is 16.1. The number of aromatic carboxylic acids is 1. The quantitative estimate of drug-likeness (QED) is 0.653. The number of carbonyl (C=O) groups is 2. The number of rotatable bonds is 5. The van der Waals surface area contributed by atoms with E-state index in [4.69, 9.17) is 0 Å². The number of hydrogen-bond donors (Lipinski definition) is 2. The highest BCUT2D eigenvalue weighted by Crippen LogP contribution is 2.21. The van der Waals surface area contributed by atoms with Crippen molar-refractivity contribution in [2.45, 2.75) is 13.3 Å². The molecule has 4 nitrogen and oxygen atoms in total. The highest BCUT2D eigenvalue weighted by molar-refractivity contribution is 6.21. The van der Waals surface area contributed by atoms with Crippen LogP contribution in [-0.2, 0) is 11.2 Å². The molecular weight excluding hydrogens is 280 g/mol. The van der Waals surface area contributed by atoms with E-state index in [9.17, 15) is 19.8 Å². The maximum absolute atomic E-state index is 11.5. The molecule has 0 atom stereocenters. The molecule has 22 heavy (non-hydrogen) atoms. The van der Waals surface area contributed by atoms with Gasteiger partial charge in [-0.2, -0.15) is 0 Å². The Balaban J connectivity index is 2.52. The van der Waals surface area contributed by atoms with Gasteiger partial charge in [-0.05, 0) is 35.3 Å². The Bertz CT molecular complexity index is 727. The van der Waals surface area contributed by atoms with Gasteiger partial charge in [-0.1, -0.05) is 49.4 Å². The molecule has 2 rings (SSSR count). The van der Waals surface area contributed by atoms with E-state index in [2.05, 4.69) is 0 Å². The van der Waals surface area contributed by atoms with Gasteiger partial charge in [0.15, 0.2) is 0 Å². The largest absolute Gasteiger partial charge is 0.478 e. The number of aryl methyl sites for hydroxylation is 1. The minimum atomic E-state index is -1.09. The van der Waals surface area contributed by atoms with Gasteiger partial charge in [-0.25, -0.2) is 9.59 Å². The Labute approximate surface area is 128 Å². The summed E-state index contributed by atoms with van der Waals surface area (Å²) < 4.78 is 0. The summed E-state index contributed by atoms with van der Waals surface area (Å²) in [5.41, 5.74) is 2.17. The molecule has 112 valence electrons. The molecule has 4 heteroatoms. The van der Waals surface area contributed by atoms with Crippen LogP contribution >= 0.6 is 0 Å². The molecule has 0 heterocycles. The van der Waals surface area contributed by atoms with Crippen molar-refractivity contribution >= 4 is 23.6 Å². The third-order valence-corrected chi connectivity index (χ3v) is 3.39. The molecule has 0 aliphatic rings. The lowest BCUT2D eigenvalue weighted by atomic mass is 9.99. The second kappa shape index (κ2) is 6.72. The normalized spacial score (nSPS) is 11.2. The van der Waals surface area contributed by atoms with Gasteiger partial charge in [0.05, 0.1) is 11.1 Å². The molecule has 0 bridgehead atoms. The van der Waals surface area contributed by atoms with Crippen molar-refractivity contribution in [2.24, 2.45) is 0 Å². The van der Waals surface area contributed by atoms with Gasteiger partial charge in [-0.15, -0.1) is 0 Å². The van der Waals surface area contributed by atoms with Crippen molar-refractivity contribution in [3.05, 3.63) is 70.8 Å². The van der Waals surface area contributed by atoms with Crippen LogP contribution in [0.1, 0.15) is 34.0 Å². The summed E-state index contributed by atoms with van der Waals surface area (Å²) >= 11 is 0. The van der Waals surface area contributed by atoms with E-state index in [1.54, 1.807) is 30.3 Å². The zero-order valence-corrected chi connectivity index (χ0v) is 12.1. The molecule has 0 aromatic heterocycles. The van der Waals surface area contributed by atoms with Crippen LogP contribution < -0.4 is 0 Å². The fourth-order valence-electron chi connectivity index (χ4n) is 2.16. The zero-order valence-electron chi connectivity index (χ0n) is 12.1. The van der Waals surface area contributed by atoms with Crippen LogP contribution in [0.15, 0.2) is 48.5 Å². The summed E-state index contributed by atoms with van der Waals surface area (Å²) in [6, 6.07) is 13.5. The summed E-state index contributed by atoms with van der Waals surface area (Å²) in [6.45, 7) is 2.02. The molecule has 0 unspecified atom stereocenters. The first-order valence-electron chi connectivity index (χ1n) is 6.89. The van der Waals surface area contributed by atoms with Gasteiger partial charge in [0, 0.05) is 0 Å². The van der Waals surface area contributed by atoms with Crippen LogP contribution in [0.4, 0.5) is 0 Å². The average molecular weight is 296 g/mol. The van der Waals surface area contributed by atoms with Gasteiger partial charge in [0.1, 0.15) is 0 Å². The number of carboxylic acids is 2. The minimum absolute atomic E-state index is 0.0661. The van der Waals surface area contributed by atoms with E-state index < -0.39 is 11.9 Å². The molecule has 0 fully saturated rings. The minimum Gasteiger partial charge on any atom is -0.478 e. The van der Waals surface area contributed by atoms with Crippen LogP contribution in [0, 0.1) is 0 Å². The second-order valence-corrected chi connectivity index (χ2v) is 4.81. The van der Waals surface area contributed by atoms with E-state index in [0.29, 0.717) is 11.1 Å². The predicted molar refractivity (Wildman–Crippen MR) is 84.7 cm³/mol. The maximum Gasteiger partial charge on any atom is 0.336 e. The lowest BCUT2D eigenvalue weighted by molar-refractivity contribution is -0.130. The van der Waals surface area contributed by atoms with Gasteiger partial charge >= 0.3 is 11.9 Å². The number of aliphatic carboxylic acids is 1. The highest BCUT2D eigenvalue weighted by atomic mass is 16.4. The number of hydrogen-bond acceptors (Lipinski definition) is 2. The molecule has 0 amide bonds. The molecule has 2 aromatic rings. The summed E-state index contributed by atoms with van der Waals surface area (Å²) in [4.78, 5) is 22.7. The van der Waals surface area contributed by atoms with Crippen molar-refractivity contribution in [3.8, 4) is 0 Å². The molecule has 0 saturated heterocycles. The number of benzene rings is 2. The Kier molecular flexibility index (Phi) is 4.73. The lowest BCUT2D eigenvalue weighted by Crippen LogP contribution is -2.03. The van der Waals surface area contributed by atoms with Crippen molar-refractivity contribution in [3.63, 3.8) is 0 Å². The predicted octanol–water partition coefficient (Wildman–Crippen LogP) is 3.57. The van der Waals surface area contributed by atoms with Crippen LogP contribution in [0.25, 0.3) is 11.6 Å². The standard InChI is InChI=1S/C18H16O4/c1-2-12-7-9-13(10-8-12)16(18(21)22)11-14-5-3-4-6-15(14)17(19)20/h3-11H,2H2,1H3,(H,19,20)(H,21,22)/b16-11-. The van der Waals surface area contributed by atoms with Crippen molar-refractivity contribution in [1.29, 1.82) is 0 Å². The molecule has 0 radical (unpaired) electrons. The monoisotopic (exact) mass is 296 g/mol. The maximum atomic E-state index is 11.5. The Morgan fingerprint density at radius 1 is 1.00 bits per heavy atom. The summed E-state index contributed by atoms with van der Waals surface area (Å²) in [7, 11) is 0. The Morgan fingerprint density at radius 2 is 1.64 bits per heavy atom. The topological polar surface area (TPSA) is 74.6 Å². The first kappa shape index (κ1) is 15.5. The van der Waals surface area contributed by atoms with Gasteiger partial charge < -0.3 is 10.2 Å². The first-order chi connectivity index (χ1) is 10.5. The first-order valence-corrected chi connectivity index (χ1v) is 6.89. The van der Waals surface area contributed by atoms with Crippen LogP contribution in [-0.4, -0.2) is 22.2 Å². The van der Waals surface area contributed by atoms with Gasteiger partial charge in [0.25, 0.3) is 0 Å². The van der Waals surface area contributed by atoms with E-state index in [1.165, 1.54) is 12.1 Å². The highest BCUT2D eigenvalue weighted by Gasteiger charge is 2.13. The molecule has 0 aliphatic heterocycles. The molecule has 0 spiro atoms. The van der Waals surface area contributed by atoms with Gasteiger partial charge in [-0.3, -0.25) is 0 Å². The van der Waals surface area contributed by atoms with Crippen molar-refractivity contribution < 1.29 is 19.8 Å². The smallest absolute Gasteiger partial charge is 0.336 e. The van der Waals surface area contributed by atoms with E-state index in [1.807, 2.05) is 19.1 Å². The van der Waals surface area contributed by atoms with E-state index in [0.717, 1.165) is 12.0 Å². The molecule has 2 N–H and O–H groups in total. The van der Waals surface area contributed by atoms with Gasteiger partial charge in [0.2, 0.25) is 0 Å². The fraction of sp³-hybridized carbons (Fsp3) is 0.111. The number of carboxylic acid groups (broad SMARTS) is 2. The summed E-state index contributed by atoms with van der Waals surface area (Å²) in [5, 5.41) is 18.6. The third kappa shape index (κ3) is 3.41. The second-order valence-electron chi connectivity index (χ2n) is 4.81. The van der Waals surface area contributed by atoms with E-state index >= 15 is 0 Å². The van der Waals surface area contributed by atoms with Crippen LogP contribution in [0.3, 0.4) is 0 Å². The van der Waals surface area contributed by atoms with E-state index in [-0.39, 0.29) is 11.1 Å². The van der Waals surface area contributed by atoms with Crippen molar-refractivity contribution in [1.82, 2.24) is 0 Å². The Hall–Kier alpha value is -2.88. The molecule has 0 saturated carbocycles. The Morgan fingerprint density at radius 3 is 2.18 bits per heavy atom.